The second kappa shape index (κ2) is 6.30. The van der Waals surface area contributed by atoms with E-state index in [1.807, 2.05) is 6.92 Å². The molecule has 0 heterocycles. The largest absolute Gasteiger partial charge is 0.466 e. The van der Waals surface area contributed by atoms with Crippen LogP contribution in [0.3, 0.4) is 0 Å². The second-order valence-corrected chi connectivity index (χ2v) is 3.09. The highest BCUT2D eigenvalue weighted by atomic mass is 35.5. The van der Waals surface area contributed by atoms with Crippen LogP contribution in [0.5, 0.6) is 0 Å². The number of halogens is 1. The number of hydrogen-bond acceptors (Lipinski definition) is 2. The van der Waals surface area contributed by atoms with Crippen molar-refractivity contribution in [2.24, 2.45) is 5.92 Å². The summed E-state index contributed by atoms with van der Waals surface area (Å²) in [6.07, 6.45) is 5.76. The van der Waals surface area contributed by atoms with Crippen molar-refractivity contribution in [2.45, 2.75) is 39.0 Å². The third kappa shape index (κ3) is 3.44. The van der Waals surface area contributed by atoms with Crippen LogP contribution in [0.15, 0.2) is 0 Å². The first-order valence-corrected chi connectivity index (χ1v) is 4.51. The van der Waals surface area contributed by atoms with Gasteiger partial charge >= 0.3 is 5.97 Å². The maximum atomic E-state index is 11.2. The molecule has 0 saturated heterocycles. The Bertz CT molecular complexity index is 130. The predicted molar refractivity (Wildman–Crippen MR) is 50.5 cm³/mol. The molecule has 1 aliphatic rings. The van der Waals surface area contributed by atoms with E-state index < -0.39 is 0 Å². The molecule has 0 aliphatic heterocycles. The van der Waals surface area contributed by atoms with E-state index in [0.717, 1.165) is 12.8 Å². The van der Waals surface area contributed by atoms with Gasteiger partial charge in [-0.15, -0.1) is 12.4 Å². The lowest BCUT2D eigenvalue weighted by Gasteiger charge is -2.19. The summed E-state index contributed by atoms with van der Waals surface area (Å²) in [4.78, 5) is 11.2. The average Bonchev–Trinajstić information content (AvgIpc) is 2.07. The number of carbonyl (C=O) groups is 1. The first-order valence-electron chi connectivity index (χ1n) is 4.51. The molecule has 0 atom stereocenters. The van der Waals surface area contributed by atoms with Crippen molar-refractivity contribution in [3.05, 3.63) is 0 Å². The average molecular weight is 193 g/mol. The maximum Gasteiger partial charge on any atom is 0.308 e. The summed E-state index contributed by atoms with van der Waals surface area (Å²) in [5, 5.41) is 0. The lowest BCUT2D eigenvalue weighted by atomic mass is 9.89. The lowest BCUT2D eigenvalue weighted by molar-refractivity contribution is -0.149. The molecular weight excluding hydrogens is 176 g/mol. The molecule has 1 saturated carbocycles. The van der Waals surface area contributed by atoms with Gasteiger partial charge < -0.3 is 4.74 Å². The molecule has 0 aromatic carbocycles. The van der Waals surface area contributed by atoms with E-state index in [9.17, 15) is 4.79 Å². The molecule has 0 aromatic rings. The fraction of sp³-hybridized carbons (Fsp3) is 0.889. The Kier molecular flexibility index (Phi) is 6.17. The van der Waals surface area contributed by atoms with Crippen LogP contribution in [0.2, 0.25) is 0 Å². The summed E-state index contributed by atoms with van der Waals surface area (Å²) >= 11 is 0. The fourth-order valence-electron chi connectivity index (χ4n) is 1.60. The topological polar surface area (TPSA) is 26.3 Å². The highest BCUT2D eigenvalue weighted by Crippen LogP contribution is 2.24. The molecule has 0 radical (unpaired) electrons. The van der Waals surface area contributed by atoms with Crippen LogP contribution in [-0.2, 0) is 9.53 Å². The van der Waals surface area contributed by atoms with E-state index in [2.05, 4.69) is 0 Å². The molecule has 0 amide bonds. The van der Waals surface area contributed by atoms with Crippen LogP contribution in [0, 0.1) is 5.92 Å². The van der Waals surface area contributed by atoms with Gasteiger partial charge in [0.05, 0.1) is 12.5 Å². The van der Waals surface area contributed by atoms with Gasteiger partial charge in [0.1, 0.15) is 0 Å². The monoisotopic (exact) mass is 192 g/mol. The summed E-state index contributed by atoms with van der Waals surface area (Å²) in [6.45, 7) is 2.38. The molecule has 0 N–H and O–H groups in total. The Hall–Kier alpha value is -0.240. The SMILES string of the molecule is CCOC(=O)C1CCCCC1.Cl. The third-order valence-electron chi connectivity index (χ3n) is 2.23. The van der Waals surface area contributed by atoms with Crippen molar-refractivity contribution in [3.8, 4) is 0 Å². The number of ether oxygens (including phenoxy) is 1. The number of esters is 1. The zero-order chi connectivity index (χ0) is 8.10. The molecule has 0 spiro atoms. The Morgan fingerprint density at radius 1 is 1.33 bits per heavy atom. The number of rotatable bonds is 2. The number of hydrogen-bond donors (Lipinski definition) is 0. The van der Waals surface area contributed by atoms with Gasteiger partial charge in [0, 0.05) is 0 Å². The minimum Gasteiger partial charge on any atom is -0.466 e. The van der Waals surface area contributed by atoms with Crippen LogP contribution in [0.1, 0.15) is 39.0 Å². The van der Waals surface area contributed by atoms with Gasteiger partial charge in [0.15, 0.2) is 0 Å². The van der Waals surface area contributed by atoms with Gasteiger partial charge in [-0.05, 0) is 19.8 Å². The lowest BCUT2D eigenvalue weighted by Crippen LogP contribution is -2.20. The van der Waals surface area contributed by atoms with Crippen molar-refractivity contribution >= 4 is 18.4 Å². The van der Waals surface area contributed by atoms with E-state index in [1.54, 1.807) is 0 Å². The van der Waals surface area contributed by atoms with E-state index >= 15 is 0 Å². The van der Waals surface area contributed by atoms with Crippen molar-refractivity contribution in [3.63, 3.8) is 0 Å². The van der Waals surface area contributed by atoms with Crippen molar-refractivity contribution in [1.82, 2.24) is 0 Å². The molecule has 0 bridgehead atoms. The molecule has 3 heteroatoms. The molecule has 12 heavy (non-hydrogen) atoms. The molecule has 1 fully saturated rings. The summed E-state index contributed by atoms with van der Waals surface area (Å²) in [5.74, 6) is 0.232. The van der Waals surface area contributed by atoms with Crippen LogP contribution in [0.4, 0.5) is 0 Å². The minimum absolute atomic E-state index is 0. The van der Waals surface area contributed by atoms with Gasteiger partial charge in [-0.25, -0.2) is 0 Å². The summed E-state index contributed by atoms with van der Waals surface area (Å²) in [6, 6.07) is 0. The van der Waals surface area contributed by atoms with Gasteiger partial charge in [-0.2, -0.15) is 0 Å². The van der Waals surface area contributed by atoms with E-state index in [-0.39, 0.29) is 24.3 Å². The van der Waals surface area contributed by atoms with Crippen molar-refractivity contribution < 1.29 is 9.53 Å². The van der Waals surface area contributed by atoms with Gasteiger partial charge in [-0.1, -0.05) is 19.3 Å². The highest BCUT2D eigenvalue weighted by molar-refractivity contribution is 5.85. The Morgan fingerprint density at radius 3 is 2.42 bits per heavy atom. The van der Waals surface area contributed by atoms with Crippen LogP contribution in [-0.4, -0.2) is 12.6 Å². The van der Waals surface area contributed by atoms with Crippen LogP contribution < -0.4 is 0 Å². The third-order valence-corrected chi connectivity index (χ3v) is 2.23. The summed E-state index contributed by atoms with van der Waals surface area (Å²) in [7, 11) is 0. The van der Waals surface area contributed by atoms with E-state index in [0.29, 0.717) is 6.61 Å². The van der Waals surface area contributed by atoms with Gasteiger partial charge in [0.2, 0.25) is 0 Å². The Labute approximate surface area is 80.1 Å². The summed E-state index contributed by atoms with van der Waals surface area (Å²) in [5.41, 5.74) is 0. The second-order valence-electron chi connectivity index (χ2n) is 3.09. The predicted octanol–water partition coefficient (Wildman–Crippen LogP) is 2.55. The first kappa shape index (κ1) is 11.8. The summed E-state index contributed by atoms with van der Waals surface area (Å²) < 4.78 is 4.94. The maximum absolute atomic E-state index is 11.2. The molecule has 0 aromatic heterocycles. The quantitative estimate of drug-likeness (QED) is 0.629. The highest BCUT2D eigenvalue weighted by Gasteiger charge is 2.21. The molecule has 1 aliphatic carbocycles. The Balaban J connectivity index is 0.00000121. The molecule has 72 valence electrons. The molecular formula is C9H17ClO2. The van der Waals surface area contributed by atoms with Crippen LogP contribution in [0.25, 0.3) is 0 Å². The zero-order valence-corrected chi connectivity index (χ0v) is 8.36. The normalized spacial score (nSPS) is 18.1. The van der Waals surface area contributed by atoms with Crippen LogP contribution >= 0.6 is 12.4 Å². The van der Waals surface area contributed by atoms with Gasteiger partial charge in [-0.3, -0.25) is 4.79 Å². The van der Waals surface area contributed by atoms with Gasteiger partial charge in [0.25, 0.3) is 0 Å². The standard InChI is InChI=1S/C9H16O2.ClH/c1-2-11-9(10)8-6-4-3-5-7-8;/h8H,2-7H2,1H3;1H. The fourth-order valence-corrected chi connectivity index (χ4v) is 1.60. The number of carbonyl (C=O) groups excluding carboxylic acids is 1. The smallest absolute Gasteiger partial charge is 0.308 e. The van der Waals surface area contributed by atoms with E-state index in [4.69, 9.17) is 4.74 Å². The molecule has 1 rings (SSSR count). The Morgan fingerprint density at radius 2 is 1.92 bits per heavy atom. The van der Waals surface area contributed by atoms with Crippen molar-refractivity contribution in [1.29, 1.82) is 0 Å². The minimum atomic E-state index is 0. The van der Waals surface area contributed by atoms with E-state index in [1.165, 1.54) is 19.3 Å². The zero-order valence-electron chi connectivity index (χ0n) is 7.54. The molecule has 0 unspecified atom stereocenters. The van der Waals surface area contributed by atoms with Crippen molar-refractivity contribution in [2.75, 3.05) is 6.61 Å². The molecule has 2 nitrogen and oxygen atoms in total. The first-order chi connectivity index (χ1) is 5.34.